The number of nitrogens with zero attached hydrogens (tertiary/aromatic N) is 5. The monoisotopic (exact) mass is 371 g/mol. The van der Waals surface area contributed by atoms with E-state index in [0.29, 0.717) is 35.2 Å². The van der Waals surface area contributed by atoms with Crippen LogP contribution in [0.4, 0.5) is 5.82 Å². The lowest BCUT2D eigenvalue weighted by Gasteiger charge is -2.37. The number of aliphatic hydroxyl groups is 1. The van der Waals surface area contributed by atoms with Crippen molar-refractivity contribution in [3.05, 3.63) is 50.1 Å². The summed E-state index contributed by atoms with van der Waals surface area (Å²) in [4.78, 5) is 45.9. The van der Waals surface area contributed by atoms with Gasteiger partial charge in [0.05, 0.1) is 11.5 Å². The number of aliphatic hydroxyl groups excluding tert-OH is 1. The molecule has 0 spiro atoms. The van der Waals surface area contributed by atoms with E-state index >= 15 is 0 Å². The highest BCUT2D eigenvalue weighted by Crippen LogP contribution is 2.26. The lowest BCUT2D eigenvalue weighted by atomic mass is 10.1. The number of aromatic nitrogens is 3. The first-order chi connectivity index (χ1) is 12.5. The number of nitroso groups, excluding NO2 is 1. The number of thiazole rings is 1. The molecule has 9 nitrogen and oxygen atoms in total. The number of hydrogen-bond donors (Lipinski definition) is 1. The fourth-order valence-corrected chi connectivity index (χ4v) is 3.58. The summed E-state index contributed by atoms with van der Waals surface area (Å²) >= 11 is 1.30. The molecule has 3 aromatic rings. The van der Waals surface area contributed by atoms with E-state index in [2.05, 4.69) is 15.1 Å². The maximum Gasteiger partial charge on any atom is 0.322 e. The van der Waals surface area contributed by atoms with E-state index in [9.17, 15) is 19.6 Å². The summed E-state index contributed by atoms with van der Waals surface area (Å²) in [7, 11) is 0. The van der Waals surface area contributed by atoms with E-state index < -0.39 is 17.4 Å². The molecule has 1 aliphatic heterocycles. The van der Waals surface area contributed by atoms with Crippen molar-refractivity contribution in [1.82, 2.24) is 14.5 Å². The molecule has 0 bridgehead atoms. The number of amides is 1. The molecule has 1 N–H and O–H groups in total. The molecule has 0 unspecified atom stereocenters. The molecule has 4 heterocycles. The van der Waals surface area contributed by atoms with Crippen LogP contribution in [-0.2, 0) is 0 Å². The summed E-state index contributed by atoms with van der Waals surface area (Å²) in [6.07, 6.45) is 2.45. The molecule has 3 aromatic heterocycles. The highest BCUT2D eigenvalue weighted by atomic mass is 32.1. The van der Waals surface area contributed by atoms with Crippen molar-refractivity contribution in [2.45, 2.75) is 13.0 Å². The van der Waals surface area contributed by atoms with Crippen molar-refractivity contribution in [3.8, 4) is 5.13 Å². The van der Waals surface area contributed by atoms with E-state index in [1.807, 2.05) is 4.90 Å². The Labute approximate surface area is 150 Å². The van der Waals surface area contributed by atoms with E-state index in [1.165, 1.54) is 22.1 Å². The predicted molar refractivity (Wildman–Crippen MR) is 96.1 cm³/mol. The zero-order valence-corrected chi connectivity index (χ0v) is 14.4. The largest absolute Gasteiger partial charge is 0.389 e. The standard InChI is InChI=1S/C16H13N5O4S/c1-8-4-11(20-5-9(22)6-20)18-14-12(8)13(23)10(15(24)19-25)7-21(14)16-17-2-3-26-16/h2-4,7,9,22H,5-6H2,1H3. The topological polar surface area (TPSA) is 118 Å². The molecular weight excluding hydrogens is 358 g/mol. The number of hydrogen-bond acceptors (Lipinski definition) is 8. The summed E-state index contributed by atoms with van der Waals surface area (Å²) in [6.45, 7) is 2.66. The SMILES string of the molecule is Cc1cc(N2CC(O)C2)nc2c1c(=O)c(C(=O)N=O)cn2-c1nccs1. The van der Waals surface area contributed by atoms with Crippen LogP contribution < -0.4 is 10.3 Å². The Morgan fingerprint density at radius 1 is 1.42 bits per heavy atom. The van der Waals surface area contributed by atoms with Crippen molar-refractivity contribution in [2.75, 3.05) is 18.0 Å². The van der Waals surface area contributed by atoms with Gasteiger partial charge in [0.25, 0.3) is 0 Å². The third-order valence-electron chi connectivity index (χ3n) is 4.27. The van der Waals surface area contributed by atoms with Crippen LogP contribution in [0.3, 0.4) is 0 Å². The molecule has 1 saturated heterocycles. The van der Waals surface area contributed by atoms with Gasteiger partial charge in [-0.1, -0.05) is 0 Å². The molecule has 0 atom stereocenters. The summed E-state index contributed by atoms with van der Waals surface area (Å²) in [5, 5.41) is 14.4. The smallest absolute Gasteiger partial charge is 0.322 e. The second-order valence-electron chi connectivity index (χ2n) is 6.01. The Kier molecular flexibility index (Phi) is 3.85. The van der Waals surface area contributed by atoms with Gasteiger partial charge in [0.2, 0.25) is 5.43 Å². The Bertz CT molecular complexity index is 1090. The zero-order chi connectivity index (χ0) is 18.4. The molecule has 0 saturated carbocycles. The average Bonchev–Trinajstić information content (AvgIpc) is 3.12. The molecule has 4 rings (SSSR count). The number of anilines is 1. The Balaban J connectivity index is 2.04. The van der Waals surface area contributed by atoms with Crippen LogP contribution in [0.1, 0.15) is 15.9 Å². The third kappa shape index (κ3) is 2.50. The minimum absolute atomic E-state index is 0.236. The first kappa shape index (κ1) is 16.5. The van der Waals surface area contributed by atoms with Gasteiger partial charge in [0, 0.05) is 36.0 Å². The number of β-amino-alcohol motifs (C(OH)–C–C–N with tert-alkyl or cyclic N) is 1. The third-order valence-corrected chi connectivity index (χ3v) is 5.04. The number of rotatable bonds is 3. The molecule has 1 amide bonds. The quantitative estimate of drug-likeness (QED) is 0.688. The highest BCUT2D eigenvalue weighted by molar-refractivity contribution is 7.12. The first-order valence-electron chi connectivity index (χ1n) is 7.77. The van der Waals surface area contributed by atoms with E-state index in [4.69, 9.17) is 0 Å². The normalized spacial score (nSPS) is 14.5. The lowest BCUT2D eigenvalue weighted by molar-refractivity contribution is 0.0999. The molecule has 132 valence electrons. The van der Waals surface area contributed by atoms with E-state index in [-0.39, 0.29) is 10.9 Å². The first-order valence-corrected chi connectivity index (χ1v) is 8.65. The van der Waals surface area contributed by atoms with Gasteiger partial charge in [0.1, 0.15) is 11.4 Å². The number of fused-ring (bicyclic) bond motifs is 1. The van der Waals surface area contributed by atoms with Crippen LogP contribution in [0.2, 0.25) is 0 Å². The molecule has 0 aromatic carbocycles. The number of carbonyl (C=O) groups is 1. The Morgan fingerprint density at radius 3 is 2.81 bits per heavy atom. The summed E-state index contributed by atoms with van der Waals surface area (Å²) in [5.41, 5.74) is 0.0448. The average molecular weight is 371 g/mol. The number of carbonyl (C=O) groups excluding carboxylic acids is 1. The van der Waals surface area contributed by atoms with Gasteiger partial charge >= 0.3 is 5.91 Å². The summed E-state index contributed by atoms with van der Waals surface area (Å²) in [6, 6.07) is 1.73. The maximum atomic E-state index is 12.7. The molecule has 0 radical (unpaired) electrons. The van der Waals surface area contributed by atoms with Crippen LogP contribution in [0.15, 0.2) is 33.8 Å². The Hall–Kier alpha value is -2.98. The van der Waals surface area contributed by atoms with Gasteiger partial charge in [-0.15, -0.1) is 16.2 Å². The van der Waals surface area contributed by atoms with Gasteiger partial charge in [0.15, 0.2) is 10.8 Å². The van der Waals surface area contributed by atoms with E-state index in [1.54, 1.807) is 24.6 Å². The number of pyridine rings is 2. The van der Waals surface area contributed by atoms with Crippen LogP contribution in [0.25, 0.3) is 16.2 Å². The minimum Gasteiger partial charge on any atom is -0.389 e. The minimum atomic E-state index is -1.13. The van der Waals surface area contributed by atoms with Crippen molar-refractivity contribution < 1.29 is 9.90 Å². The number of aryl methyl sites for hydroxylation is 1. The molecule has 1 aliphatic rings. The summed E-state index contributed by atoms with van der Waals surface area (Å²) in [5.74, 6) is -0.505. The van der Waals surface area contributed by atoms with Crippen molar-refractivity contribution in [3.63, 3.8) is 0 Å². The van der Waals surface area contributed by atoms with Gasteiger partial charge < -0.3 is 10.0 Å². The second-order valence-corrected chi connectivity index (χ2v) is 6.88. The highest BCUT2D eigenvalue weighted by Gasteiger charge is 2.27. The van der Waals surface area contributed by atoms with Crippen LogP contribution in [0.5, 0.6) is 0 Å². The van der Waals surface area contributed by atoms with Gasteiger partial charge in [-0.3, -0.25) is 14.2 Å². The van der Waals surface area contributed by atoms with Crippen LogP contribution in [0, 0.1) is 11.8 Å². The molecular formula is C16H13N5O4S. The molecule has 26 heavy (non-hydrogen) atoms. The van der Waals surface area contributed by atoms with Gasteiger partial charge in [-0.2, -0.15) is 0 Å². The zero-order valence-electron chi connectivity index (χ0n) is 13.6. The fourth-order valence-electron chi connectivity index (χ4n) is 2.96. The predicted octanol–water partition coefficient (Wildman–Crippen LogP) is 1.24. The summed E-state index contributed by atoms with van der Waals surface area (Å²) < 4.78 is 1.52. The molecule has 1 fully saturated rings. The van der Waals surface area contributed by atoms with Gasteiger partial charge in [-0.25, -0.2) is 9.97 Å². The Morgan fingerprint density at radius 2 is 2.19 bits per heavy atom. The van der Waals surface area contributed by atoms with Crippen molar-refractivity contribution in [2.24, 2.45) is 5.18 Å². The lowest BCUT2D eigenvalue weighted by Crippen LogP contribution is -2.51. The van der Waals surface area contributed by atoms with E-state index in [0.717, 1.165) is 0 Å². The van der Waals surface area contributed by atoms with Crippen molar-refractivity contribution in [1.29, 1.82) is 0 Å². The molecule has 0 aliphatic carbocycles. The fraction of sp³-hybridized carbons (Fsp3) is 0.250. The maximum absolute atomic E-state index is 12.7. The van der Waals surface area contributed by atoms with Crippen LogP contribution in [-0.4, -0.2) is 44.7 Å². The second kappa shape index (κ2) is 6.07. The van der Waals surface area contributed by atoms with Crippen molar-refractivity contribution >= 4 is 34.1 Å². The molecule has 10 heteroatoms. The van der Waals surface area contributed by atoms with Gasteiger partial charge in [-0.05, 0) is 18.6 Å². The van der Waals surface area contributed by atoms with Crippen LogP contribution >= 0.6 is 11.3 Å².